The average Bonchev–Trinajstić information content (AvgIpc) is 2.49. The van der Waals surface area contributed by atoms with E-state index in [4.69, 9.17) is 14.2 Å². The van der Waals surface area contributed by atoms with E-state index in [-0.39, 0.29) is 0 Å². The zero-order chi connectivity index (χ0) is 15.7. The first-order chi connectivity index (χ1) is 10.1. The third kappa shape index (κ3) is 6.03. The third-order valence-electron chi connectivity index (χ3n) is 3.22. The van der Waals surface area contributed by atoms with E-state index in [9.17, 15) is 10.0 Å². The van der Waals surface area contributed by atoms with Crippen molar-refractivity contribution in [2.75, 3.05) is 47.6 Å². The Morgan fingerprint density at radius 2 is 1.67 bits per heavy atom. The molecule has 2 N–H and O–H groups in total. The predicted molar refractivity (Wildman–Crippen MR) is 81.8 cm³/mol. The summed E-state index contributed by atoms with van der Waals surface area (Å²) in [6.45, 7) is 3.38. The molecule has 1 rings (SSSR count). The fraction of sp³-hybridized carbons (Fsp3) is 0.571. The maximum absolute atomic E-state index is 9.29. The van der Waals surface area contributed by atoms with Gasteiger partial charge in [-0.15, -0.1) is 0 Å². The molecule has 0 aliphatic carbocycles. The second-order valence-electron chi connectivity index (χ2n) is 4.71. The zero-order valence-electron chi connectivity index (χ0n) is 12.9. The second kappa shape index (κ2) is 9.75. The van der Waals surface area contributed by atoms with Gasteiger partial charge in [-0.1, -0.05) is 12.1 Å². The van der Waals surface area contributed by atoms with Crippen LogP contribution >= 0.6 is 0 Å². The molecular weight excluding hydrogens is 273 g/mol. The molecule has 0 spiro atoms. The topological polar surface area (TPSA) is 71.4 Å². The number of methoxy groups -OCH3 is 3. The van der Waals surface area contributed by atoms with Crippen LogP contribution in [0.1, 0.15) is 5.56 Å². The molecule has 1 aromatic rings. The van der Waals surface area contributed by atoms with Crippen molar-refractivity contribution >= 4 is 12.6 Å². The highest BCUT2D eigenvalue weighted by atomic mass is 16.5. The summed E-state index contributed by atoms with van der Waals surface area (Å²) in [6.07, 6.45) is 0. The molecule has 0 atom stereocenters. The molecule has 0 amide bonds. The van der Waals surface area contributed by atoms with Crippen molar-refractivity contribution in [1.82, 2.24) is 4.90 Å². The summed E-state index contributed by atoms with van der Waals surface area (Å²) in [5, 5.41) is 18.6. The predicted octanol–water partition coefficient (Wildman–Crippen LogP) is -0.530. The Kier molecular flexibility index (Phi) is 8.33. The van der Waals surface area contributed by atoms with Crippen LogP contribution in [-0.4, -0.2) is 69.7 Å². The molecule has 0 saturated carbocycles. The Balaban J connectivity index is 2.85. The minimum Gasteiger partial charge on any atom is -0.496 e. The molecule has 0 aliphatic heterocycles. The van der Waals surface area contributed by atoms with Crippen LogP contribution < -0.4 is 10.2 Å². The molecule has 0 radical (unpaired) electrons. The number of rotatable bonds is 10. The highest BCUT2D eigenvalue weighted by molar-refractivity contribution is 6.58. The van der Waals surface area contributed by atoms with Gasteiger partial charge in [0, 0.05) is 39.4 Å². The van der Waals surface area contributed by atoms with Gasteiger partial charge < -0.3 is 24.3 Å². The molecule has 0 fully saturated rings. The third-order valence-corrected chi connectivity index (χ3v) is 3.22. The summed E-state index contributed by atoms with van der Waals surface area (Å²) in [5.41, 5.74) is 1.35. The van der Waals surface area contributed by atoms with Gasteiger partial charge >= 0.3 is 7.12 Å². The zero-order valence-corrected chi connectivity index (χ0v) is 12.9. The fourth-order valence-corrected chi connectivity index (χ4v) is 2.03. The Morgan fingerprint density at radius 1 is 1.05 bits per heavy atom. The van der Waals surface area contributed by atoms with Gasteiger partial charge in [0.15, 0.2) is 0 Å². The van der Waals surface area contributed by atoms with E-state index in [1.807, 2.05) is 0 Å². The van der Waals surface area contributed by atoms with Crippen molar-refractivity contribution in [3.8, 4) is 5.75 Å². The Hall–Kier alpha value is -1.12. The molecule has 6 nitrogen and oxygen atoms in total. The van der Waals surface area contributed by atoms with Gasteiger partial charge in [-0.2, -0.15) is 0 Å². The smallest absolute Gasteiger partial charge is 0.488 e. The quantitative estimate of drug-likeness (QED) is 0.566. The molecule has 0 bridgehead atoms. The van der Waals surface area contributed by atoms with E-state index in [0.717, 1.165) is 24.4 Å². The van der Waals surface area contributed by atoms with E-state index in [2.05, 4.69) is 4.90 Å². The summed E-state index contributed by atoms with van der Waals surface area (Å²) in [4.78, 5) is 2.17. The van der Waals surface area contributed by atoms with Crippen LogP contribution in [0.3, 0.4) is 0 Å². The summed E-state index contributed by atoms with van der Waals surface area (Å²) in [6, 6.07) is 5.13. The van der Waals surface area contributed by atoms with E-state index in [1.165, 1.54) is 0 Å². The van der Waals surface area contributed by atoms with Crippen molar-refractivity contribution in [3.63, 3.8) is 0 Å². The second-order valence-corrected chi connectivity index (χ2v) is 4.71. The summed E-state index contributed by atoms with van der Waals surface area (Å²) in [7, 11) is 3.44. The fourth-order valence-electron chi connectivity index (χ4n) is 2.03. The van der Waals surface area contributed by atoms with Crippen LogP contribution in [0.4, 0.5) is 0 Å². The maximum Gasteiger partial charge on any atom is 0.488 e. The molecule has 0 unspecified atom stereocenters. The largest absolute Gasteiger partial charge is 0.496 e. The van der Waals surface area contributed by atoms with Crippen molar-refractivity contribution in [2.24, 2.45) is 0 Å². The van der Waals surface area contributed by atoms with E-state index in [1.54, 1.807) is 39.5 Å². The lowest BCUT2D eigenvalue weighted by Crippen LogP contribution is -2.33. The molecule has 7 heteroatoms. The van der Waals surface area contributed by atoms with Gasteiger partial charge in [-0.3, -0.25) is 4.90 Å². The summed E-state index contributed by atoms with van der Waals surface area (Å²) in [5.74, 6) is 0.722. The monoisotopic (exact) mass is 297 g/mol. The molecule has 21 heavy (non-hydrogen) atoms. The number of hydrogen-bond acceptors (Lipinski definition) is 6. The van der Waals surface area contributed by atoms with Crippen LogP contribution in [0.5, 0.6) is 5.75 Å². The van der Waals surface area contributed by atoms with Crippen LogP contribution in [0.15, 0.2) is 18.2 Å². The lowest BCUT2D eigenvalue weighted by Gasteiger charge is -2.23. The van der Waals surface area contributed by atoms with E-state index >= 15 is 0 Å². The van der Waals surface area contributed by atoms with Gasteiger partial charge in [0.25, 0.3) is 0 Å². The standard InChI is InChI=1S/C14H24BNO5/c1-19-8-6-16(7-9-20-2)11-12-10-13(15(17)18)4-5-14(12)21-3/h4-5,10,17-18H,6-9,11H2,1-3H3. The number of benzene rings is 1. The molecular formula is C14H24BNO5. The van der Waals surface area contributed by atoms with Crippen molar-refractivity contribution in [2.45, 2.75) is 6.54 Å². The van der Waals surface area contributed by atoms with E-state index < -0.39 is 7.12 Å². The Labute approximate surface area is 126 Å². The Bertz CT molecular complexity index is 408. The van der Waals surface area contributed by atoms with Crippen LogP contribution in [0.25, 0.3) is 0 Å². The molecule has 0 saturated heterocycles. The van der Waals surface area contributed by atoms with Crippen molar-refractivity contribution < 1.29 is 24.3 Å². The lowest BCUT2D eigenvalue weighted by atomic mass is 9.79. The summed E-state index contributed by atoms with van der Waals surface area (Å²) < 4.78 is 15.6. The Morgan fingerprint density at radius 3 is 2.14 bits per heavy atom. The van der Waals surface area contributed by atoms with Gasteiger partial charge in [-0.25, -0.2) is 0 Å². The van der Waals surface area contributed by atoms with Gasteiger partial charge in [0.05, 0.1) is 20.3 Å². The van der Waals surface area contributed by atoms with Crippen molar-refractivity contribution in [3.05, 3.63) is 23.8 Å². The lowest BCUT2D eigenvalue weighted by molar-refractivity contribution is 0.110. The molecule has 118 valence electrons. The first-order valence-corrected chi connectivity index (χ1v) is 6.85. The SMILES string of the molecule is COCCN(CCOC)Cc1cc(B(O)O)ccc1OC. The minimum absolute atomic E-state index is 0.448. The van der Waals surface area contributed by atoms with E-state index in [0.29, 0.717) is 25.2 Å². The first-order valence-electron chi connectivity index (χ1n) is 6.85. The normalized spacial score (nSPS) is 11.0. The highest BCUT2D eigenvalue weighted by Gasteiger charge is 2.16. The highest BCUT2D eigenvalue weighted by Crippen LogP contribution is 2.18. The number of nitrogens with zero attached hydrogens (tertiary/aromatic N) is 1. The van der Waals surface area contributed by atoms with Gasteiger partial charge in [-0.05, 0) is 11.5 Å². The number of ether oxygens (including phenoxy) is 3. The van der Waals surface area contributed by atoms with Crippen LogP contribution in [-0.2, 0) is 16.0 Å². The van der Waals surface area contributed by atoms with Gasteiger partial charge in [0.1, 0.15) is 5.75 Å². The van der Waals surface area contributed by atoms with Crippen molar-refractivity contribution in [1.29, 1.82) is 0 Å². The minimum atomic E-state index is -1.49. The van der Waals surface area contributed by atoms with Crippen LogP contribution in [0.2, 0.25) is 0 Å². The molecule has 0 heterocycles. The molecule has 1 aromatic carbocycles. The van der Waals surface area contributed by atoms with Gasteiger partial charge in [0.2, 0.25) is 0 Å². The molecule has 0 aliphatic rings. The average molecular weight is 297 g/mol. The maximum atomic E-state index is 9.29. The summed E-state index contributed by atoms with van der Waals surface area (Å²) >= 11 is 0. The first kappa shape index (κ1) is 17.9. The van der Waals surface area contributed by atoms with Crippen LogP contribution in [0, 0.1) is 0 Å². The molecule has 0 aromatic heterocycles. The number of hydrogen-bond donors (Lipinski definition) is 2.